The van der Waals surface area contributed by atoms with Crippen molar-refractivity contribution in [1.82, 2.24) is 0 Å². The Morgan fingerprint density at radius 1 is 0.885 bits per heavy atom. The second-order valence-corrected chi connectivity index (χ2v) is 19.9. The number of aliphatic hydroxyl groups excluding tert-OH is 5. The molecule has 1 aliphatic heterocycles. The molecule has 5 N–H and O–H groups in total. The first-order chi connectivity index (χ1) is 24.3. The van der Waals surface area contributed by atoms with Crippen LogP contribution in [0, 0.1) is 56.1 Å². The topological polar surface area (TPSA) is 137 Å². The summed E-state index contributed by atoms with van der Waals surface area (Å²) >= 11 is 0. The molecule has 0 amide bonds. The summed E-state index contributed by atoms with van der Waals surface area (Å²) in [7, 11) is 0. The number of allylic oxidation sites excluding steroid dienone is 2. The van der Waals surface area contributed by atoms with Crippen molar-refractivity contribution in [3.8, 4) is 0 Å². The van der Waals surface area contributed by atoms with Gasteiger partial charge in [-0.15, -0.1) is 0 Å². The molecule has 5 aliphatic carbocycles. The zero-order chi connectivity index (χ0) is 37.8. The lowest BCUT2D eigenvalue weighted by molar-refractivity contribution is -0.272. The maximum atomic E-state index is 13.6. The molecule has 52 heavy (non-hydrogen) atoms. The van der Waals surface area contributed by atoms with Crippen LogP contribution < -0.4 is 0 Å². The predicted molar refractivity (Wildman–Crippen MR) is 194 cm³/mol. The highest BCUT2D eigenvalue weighted by molar-refractivity contribution is 5.89. The van der Waals surface area contributed by atoms with Crippen LogP contribution in [0.15, 0.2) is 35.9 Å². The lowest BCUT2D eigenvalue weighted by Crippen LogP contribution is -2.68. The summed E-state index contributed by atoms with van der Waals surface area (Å²) in [6.07, 6.45) is 3.53. The number of carbonyl (C=O) groups excluding carboxylic acids is 1. The van der Waals surface area contributed by atoms with Crippen LogP contribution in [0.4, 0.5) is 4.39 Å². The second kappa shape index (κ2) is 12.8. The summed E-state index contributed by atoms with van der Waals surface area (Å²) in [6.45, 7) is 16.1. The van der Waals surface area contributed by atoms with Crippen LogP contribution in [0.5, 0.6) is 0 Å². The molecule has 5 fully saturated rings. The van der Waals surface area contributed by atoms with Gasteiger partial charge in [0.25, 0.3) is 0 Å². The van der Waals surface area contributed by atoms with Crippen LogP contribution >= 0.6 is 0 Å². The van der Waals surface area contributed by atoms with Crippen molar-refractivity contribution >= 4 is 5.97 Å². The third-order valence-electron chi connectivity index (χ3n) is 16.8. The van der Waals surface area contributed by atoms with Gasteiger partial charge in [0.1, 0.15) is 42.4 Å². The Morgan fingerprint density at radius 3 is 2.23 bits per heavy atom. The minimum Gasteiger partial charge on any atom is -0.458 e. The van der Waals surface area contributed by atoms with Crippen molar-refractivity contribution in [2.75, 3.05) is 6.61 Å². The number of hydrogen-bond acceptors (Lipinski definition) is 8. The third-order valence-corrected chi connectivity index (χ3v) is 16.8. The van der Waals surface area contributed by atoms with Crippen molar-refractivity contribution in [3.05, 3.63) is 47.3 Å². The molecule has 6 aliphatic rings. The highest BCUT2D eigenvalue weighted by atomic mass is 19.1. The molecule has 9 heteroatoms. The van der Waals surface area contributed by atoms with E-state index in [-0.39, 0.29) is 44.9 Å². The molecule has 1 heterocycles. The van der Waals surface area contributed by atoms with Gasteiger partial charge in [-0.3, -0.25) is 0 Å². The van der Waals surface area contributed by atoms with E-state index in [9.17, 15) is 34.7 Å². The Kier molecular flexibility index (Phi) is 9.48. The van der Waals surface area contributed by atoms with Crippen molar-refractivity contribution in [3.63, 3.8) is 0 Å². The first kappa shape index (κ1) is 38.4. The Balaban J connectivity index is 1.19. The van der Waals surface area contributed by atoms with E-state index in [1.807, 2.05) is 0 Å². The van der Waals surface area contributed by atoms with Crippen LogP contribution in [0.3, 0.4) is 0 Å². The zero-order valence-corrected chi connectivity index (χ0v) is 32.3. The van der Waals surface area contributed by atoms with Crippen LogP contribution in [-0.4, -0.2) is 80.8 Å². The van der Waals surface area contributed by atoms with Crippen molar-refractivity contribution < 1.29 is 44.2 Å². The van der Waals surface area contributed by atoms with Crippen molar-refractivity contribution in [1.29, 1.82) is 0 Å². The van der Waals surface area contributed by atoms with Gasteiger partial charge in [0.2, 0.25) is 0 Å². The molecule has 1 aromatic rings. The number of hydrogen-bond donors (Lipinski definition) is 5. The molecule has 1 aromatic carbocycles. The summed E-state index contributed by atoms with van der Waals surface area (Å²) < 4.78 is 25.8. The summed E-state index contributed by atoms with van der Waals surface area (Å²) in [5, 5.41) is 54.7. The number of esters is 1. The molecule has 0 bridgehead atoms. The Morgan fingerprint density at radius 2 is 1.56 bits per heavy atom. The zero-order valence-electron chi connectivity index (χ0n) is 32.3. The van der Waals surface area contributed by atoms with E-state index in [1.165, 1.54) is 29.8 Å². The van der Waals surface area contributed by atoms with Crippen LogP contribution in [0.25, 0.3) is 0 Å². The van der Waals surface area contributed by atoms with Gasteiger partial charge in [-0.05, 0) is 128 Å². The van der Waals surface area contributed by atoms with Crippen LogP contribution in [0.1, 0.15) is 123 Å². The smallest absolute Gasteiger partial charge is 0.338 e. The van der Waals surface area contributed by atoms with E-state index < -0.39 is 54.6 Å². The lowest BCUT2D eigenvalue weighted by atomic mass is 9.33. The van der Waals surface area contributed by atoms with Crippen LogP contribution in [0.2, 0.25) is 0 Å². The van der Waals surface area contributed by atoms with Crippen molar-refractivity contribution in [2.24, 2.45) is 50.2 Å². The van der Waals surface area contributed by atoms with Crippen molar-refractivity contribution in [2.45, 2.75) is 155 Å². The van der Waals surface area contributed by atoms with Crippen LogP contribution in [-0.2, 0) is 9.47 Å². The van der Waals surface area contributed by atoms with Gasteiger partial charge in [0, 0.05) is 10.8 Å². The Bertz CT molecular complexity index is 1560. The number of benzene rings is 1. The molecule has 1 saturated heterocycles. The third kappa shape index (κ3) is 5.52. The molecule has 14 atom stereocenters. The fourth-order valence-corrected chi connectivity index (χ4v) is 13.5. The highest BCUT2D eigenvalue weighted by Crippen LogP contribution is 2.76. The van der Waals surface area contributed by atoms with E-state index in [0.29, 0.717) is 17.4 Å². The molecule has 7 rings (SSSR count). The van der Waals surface area contributed by atoms with E-state index in [2.05, 4.69) is 54.5 Å². The molecule has 0 radical (unpaired) electrons. The van der Waals surface area contributed by atoms with Gasteiger partial charge in [-0.2, -0.15) is 0 Å². The first-order valence-corrected chi connectivity index (χ1v) is 19.9. The number of fused-ring (bicyclic) bond motifs is 7. The summed E-state index contributed by atoms with van der Waals surface area (Å²) in [6, 6.07) is 5.58. The number of carbonyl (C=O) groups is 1. The Labute approximate surface area is 309 Å². The maximum absolute atomic E-state index is 13.6. The molecule has 8 nitrogen and oxygen atoms in total. The monoisotopic (exact) mass is 726 g/mol. The molecule has 5 unspecified atom stereocenters. The molecule has 290 valence electrons. The predicted octanol–water partition coefficient (Wildman–Crippen LogP) is 6.36. The number of halogens is 1. The van der Waals surface area contributed by atoms with Gasteiger partial charge in [0.15, 0.2) is 0 Å². The normalized spacial score (nSPS) is 47.1. The quantitative estimate of drug-likeness (QED) is 0.175. The van der Waals surface area contributed by atoms with E-state index in [0.717, 1.165) is 64.2 Å². The van der Waals surface area contributed by atoms with Gasteiger partial charge in [0.05, 0.1) is 18.3 Å². The van der Waals surface area contributed by atoms with E-state index >= 15 is 0 Å². The fourth-order valence-electron chi connectivity index (χ4n) is 13.5. The Hall–Kier alpha value is -1.88. The van der Waals surface area contributed by atoms with Gasteiger partial charge < -0.3 is 35.0 Å². The SMILES string of the molecule is CC1(C)CC[C@]2([C@H](O)[C@H]3OC(CO)[C@@H](O)[C@H](O)C3O)CC[C@]3(C)C(=CCC4[C@@]5(C)CC[C@H](OC(=O)c6ccc(F)cc6)C(C)(C)C5CC[C@]43C)C2C1. The average molecular weight is 727 g/mol. The highest BCUT2D eigenvalue weighted by Gasteiger charge is 2.70. The molecule has 0 spiro atoms. The standard InChI is InChI=1S/C43H63FO8/c1-38(2)18-20-43(36(49)35-34(48)33(47)32(46)28(23-45)51-35)21-19-41(6)26(27(43)22-38)12-13-30-40(5)16-15-31(39(3,4)29(40)14-17-42(30,41)7)52-37(50)24-8-10-25(44)11-9-24/h8-12,27-36,45-49H,13-23H2,1-7H3/t27?,28?,29?,30?,31-,32+,33-,34?,35-,36+,40-,41+,42+,43-/m0/s1. The van der Waals surface area contributed by atoms with E-state index in [1.54, 1.807) is 0 Å². The molecular formula is C43H63FO8. The first-order valence-electron chi connectivity index (χ1n) is 19.9. The van der Waals surface area contributed by atoms with E-state index in [4.69, 9.17) is 9.47 Å². The summed E-state index contributed by atoms with van der Waals surface area (Å²) in [4.78, 5) is 13.2. The summed E-state index contributed by atoms with van der Waals surface area (Å²) in [5.41, 5.74) is 0.933. The molecule has 4 saturated carbocycles. The minimum absolute atomic E-state index is 0.00210. The maximum Gasteiger partial charge on any atom is 0.338 e. The number of ether oxygens (including phenoxy) is 2. The largest absolute Gasteiger partial charge is 0.458 e. The molecular weight excluding hydrogens is 663 g/mol. The number of aliphatic hydroxyl groups is 5. The van der Waals surface area contributed by atoms with Gasteiger partial charge in [-0.1, -0.05) is 60.1 Å². The fraction of sp³-hybridized carbons (Fsp3) is 0.791. The number of rotatable bonds is 5. The summed E-state index contributed by atoms with van der Waals surface area (Å²) in [5.74, 6) is 0.0429. The minimum atomic E-state index is -1.52. The second-order valence-electron chi connectivity index (χ2n) is 19.9. The average Bonchev–Trinajstić information content (AvgIpc) is 3.08. The lowest BCUT2D eigenvalue weighted by Gasteiger charge is -2.72. The van der Waals surface area contributed by atoms with Gasteiger partial charge in [-0.25, -0.2) is 9.18 Å². The molecule has 0 aromatic heterocycles. The van der Waals surface area contributed by atoms with Gasteiger partial charge >= 0.3 is 5.97 Å².